The van der Waals surface area contributed by atoms with Crippen LogP contribution in [-0.4, -0.2) is 25.7 Å². The van der Waals surface area contributed by atoms with E-state index in [2.05, 4.69) is 15.1 Å². The van der Waals surface area contributed by atoms with E-state index in [0.717, 1.165) is 15.1 Å². The Labute approximate surface area is 168 Å². The van der Waals surface area contributed by atoms with Gasteiger partial charge in [-0.3, -0.25) is 9.59 Å². The Balaban J connectivity index is 1.72. The van der Waals surface area contributed by atoms with Crippen LogP contribution in [0.1, 0.15) is 39.8 Å². The highest BCUT2D eigenvalue weighted by atomic mass is 32.1. The highest BCUT2D eigenvalue weighted by Crippen LogP contribution is 2.27. The van der Waals surface area contributed by atoms with E-state index in [4.69, 9.17) is 4.74 Å². The van der Waals surface area contributed by atoms with Gasteiger partial charge in [-0.15, -0.1) is 11.3 Å². The van der Waals surface area contributed by atoms with Crippen molar-refractivity contribution in [2.24, 2.45) is 7.05 Å². The number of carbonyl (C=O) groups excluding carboxylic acids is 1. The number of H-pyrrole nitrogens is 1. The molecule has 9 heteroatoms. The third-order valence-electron chi connectivity index (χ3n) is 4.88. The Morgan fingerprint density at radius 3 is 2.62 bits per heavy atom. The summed E-state index contributed by atoms with van der Waals surface area (Å²) in [7, 11) is 1.48. The van der Waals surface area contributed by atoms with Crippen molar-refractivity contribution in [2.75, 3.05) is 0 Å². The Bertz CT molecular complexity index is 1400. The first kappa shape index (κ1) is 19.0. The maximum Gasteiger partial charge on any atom is 0.360 e. The van der Waals surface area contributed by atoms with Crippen molar-refractivity contribution in [3.8, 4) is 0 Å². The van der Waals surface area contributed by atoms with Crippen molar-refractivity contribution >= 4 is 38.3 Å². The van der Waals surface area contributed by atoms with Gasteiger partial charge >= 0.3 is 5.97 Å². The SMILES string of the molecule is Cc1sc2nc([C@@H](C)OC(=O)c3nn(C)c(=O)c4ccccc34)[nH]c(=O)c2c1C. The van der Waals surface area contributed by atoms with E-state index in [1.807, 2.05) is 13.8 Å². The van der Waals surface area contributed by atoms with Crippen molar-refractivity contribution in [3.63, 3.8) is 0 Å². The number of fused-ring (bicyclic) bond motifs is 2. The summed E-state index contributed by atoms with van der Waals surface area (Å²) in [4.78, 5) is 46.3. The van der Waals surface area contributed by atoms with Gasteiger partial charge in [0.25, 0.3) is 11.1 Å². The van der Waals surface area contributed by atoms with Crippen molar-refractivity contribution in [3.05, 3.63) is 66.9 Å². The summed E-state index contributed by atoms with van der Waals surface area (Å²) in [5.74, 6) is -0.447. The second-order valence-corrected chi connectivity index (χ2v) is 7.99. The number of hydrogen-bond donors (Lipinski definition) is 1. The van der Waals surface area contributed by atoms with Crippen LogP contribution in [0.5, 0.6) is 0 Å². The minimum Gasteiger partial charge on any atom is -0.450 e. The first-order valence-electron chi connectivity index (χ1n) is 8.95. The minimum atomic E-state index is -0.805. The lowest BCUT2D eigenvalue weighted by Crippen LogP contribution is -2.24. The van der Waals surface area contributed by atoms with Gasteiger partial charge in [0, 0.05) is 17.3 Å². The average molecular weight is 410 g/mol. The normalized spacial score (nSPS) is 12.4. The molecular formula is C20H18N4O4S. The van der Waals surface area contributed by atoms with Crippen LogP contribution >= 0.6 is 11.3 Å². The summed E-state index contributed by atoms with van der Waals surface area (Å²) in [6.45, 7) is 5.44. The number of hydrogen-bond acceptors (Lipinski definition) is 7. The van der Waals surface area contributed by atoms with E-state index < -0.39 is 12.1 Å². The molecule has 3 heterocycles. The van der Waals surface area contributed by atoms with Gasteiger partial charge in [-0.05, 0) is 32.4 Å². The number of aromatic amines is 1. The molecule has 29 heavy (non-hydrogen) atoms. The van der Waals surface area contributed by atoms with E-state index in [9.17, 15) is 14.4 Å². The lowest BCUT2D eigenvalue weighted by molar-refractivity contribution is 0.0313. The van der Waals surface area contributed by atoms with Gasteiger partial charge in [-0.2, -0.15) is 5.10 Å². The molecule has 4 rings (SSSR count). The molecule has 0 aliphatic heterocycles. The van der Waals surface area contributed by atoms with E-state index in [1.54, 1.807) is 31.2 Å². The van der Waals surface area contributed by atoms with Crippen LogP contribution < -0.4 is 11.1 Å². The zero-order valence-corrected chi connectivity index (χ0v) is 17.1. The van der Waals surface area contributed by atoms with Crippen LogP contribution in [-0.2, 0) is 11.8 Å². The molecule has 1 N–H and O–H groups in total. The molecule has 8 nitrogen and oxygen atoms in total. The summed E-state index contributed by atoms with van der Waals surface area (Å²) < 4.78 is 6.63. The molecule has 3 aromatic heterocycles. The second-order valence-electron chi connectivity index (χ2n) is 6.79. The molecule has 0 saturated heterocycles. The van der Waals surface area contributed by atoms with Gasteiger partial charge in [0.2, 0.25) is 0 Å². The minimum absolute atomic E-state index is 0.0285. The molecule has 148 valence electrons. The van der Waals surface area contributed by atoms with Crippen molar-refractivity contribution in [1.82, 2.24) is 19.7 Å². The number of thiophene rings is 1. The standard InChI is InChI=1S/C20H18N4O4S/c1-9-11(3)29-18-14(9)17(25)21-16(22-18)10(2)28-20(27)15-12-7-5-6-8-13(12)19(26)24(4)23-15/h5-8,10H,1-4H3,(H,21,22,25)/t10-/m1/s1. The number of aromatic nitrogens is 4. The second kappa shape index (κ2) is 6.93. The Morgan fingerprint density at radius 1 is 1.21 bits per heavy atom. The molecule has 0 spiro atoms. The number of rotatable bonds is 3. The first-order valence-corrected chi connectivity index (χ1v) is 9.76. The molecule has 0 aliphatic carbocycles. The molecule has 0 amide bonds. The van der Waals surface area contributed by atoms with Crippen molar-refractivity contribution in [2.45, 2.75) is 26.9 Å². The number of ether oxygens (including phenoxy) is 1. The molecule has 0 saturated carbocycles. The van der Waals surface area contributed by atoms with Crippen molar-refractivity contribution in [1.29, 1.82) is 0 Å². The van der Waals surface area contributed by atoms with Crippen LogP contribution in [0.4, 0.5) is 0 Å². The number of aryl methyl sites for hydroxylation is 3. The van der Waals surface area contributed by atoms with Gasteiger partial charge in [-0.1, -0.05) is 18.2 Å². The molecule has 0 fully saturated rings. The predicted molar refractivity (Wildman–Crippen MR) is 111 cm³/mol. The van der Waals surface area contributed by atoms with Crippen molar-refractivity contribution < 1.29 is 9.53 Å². The summed E-state index contributed by atoms with van der Waals surface area (Å²) >= 11 is 1.42. The van der Waals surface area contributed by atoms with E-state index in [1.165, 1.54) is 18.4 Å². The number of nitrogens with zero attached hydrogens (tertiary/aromatic N) is 3. The summed E-state index contributed by atoms with van der Waals surface area (Å²) in [6, 6.07) is 6.72. The van der Waals surface area contributed by atoms with Gasteiger partial charge < -0.3 is 9.72 Å². The Morgan fingerprint density at radius 2 is 1.90 bits per heavy atom. The molecule has 1 aromatic carbocycles. The summed E-state index contributed by atoms with van der Waals surface area (Å²) in [5.41, 5.74) is 0.363. The topological polar surface area (TPSA) is 107 Å². The quantitative estimate of drug-likeness (QED) is 0.521. The van der Waals surface area contributed by atoms with E-state index in [-0.39, 0.29) is 22.6 Å². The molecule has 4 aromatic rings. The Hall–Kier alpha value is -3.33. The number of carbonyl (C=O) groups is 1. The highest BCUT2D eigenvalue weighted by molar-refractivity contribution is 7.18. The van der Waals surface area contributed by atoms with Gasteiger partial charge in [-0.25, -0.2) is 14.5 Å². The van der Waals surface area contributed by atoms with E-state index >= 15 is 0 Å². The maximum absolute atomic E-state index is 12.8. The number of benzene rings is 1. The molecule has 0 unspecified atom stereocenters. The fraction of sp³-hybridized carbons (Fsp3) is 0.250. The van der Waals surface area contributed by atoms with Crippen LogP contribution in [0.3, 0.4) is 0 Å². The monoisotopic (exact) mass is 410 g/mol. The van der Waals surface area contributed by atoms with Crippen LogP contribution in [0.25, 0.3) is 21.0 Å². The van der Waals surface area contributed by atoms with E-state index in [0.29, 0.717) is 21.0 Å². The molecule has 1 atom stereocenters. The zero-order chi connectivity index (χ0) is 20.9. The number of esters is 1. The van der Waals surface area contributed by atoms with Gasteiger partial charge in [0.1, 0.15) is 4.83 Å². The van der Waals surface area contributed by atoms with Crippen LogP contribution in [0.15, 0.2) is 33.9 Å². The zero-order valence-electron chi connectivity index (χ0n) is 16.3. The summed E-state index contributed by atoms with van der Waals surface area (Å²) in [5, 5.41) is 5.41. The molecular weight excluding hydrogens is 392 g/mol. The first-order chi connectivity index (χ1) is 13.8. The van der Waals surface area contributed by atoms with Gasteiger partial charge in [0.05, 0.1) is 10.8 Å². The molecule has 0 aliphatic rings. The highest BCUT2D eigenvalue weighted by Gasteiger charge is 2.22. The maximum atomic E-state index is 12.8. The smallest absolute Gasteiger partial charge is 0.360 e. The fourth-order valence-corrected chi connectivity index (χ4v) is 4.22. The van der Waals surface area contributed by atoms with Crippen LogP contribution in [0, 0.1) is 13.8 Å². The number of nitrogens with one attached hydrogen (secondary N) is 1. The van der Waals surface area contributed by atoms with Gasteiger partial charge in [0.15, 0.2) is 17.6 Å². The third-order valence-corrected chi connectivity index (χ3v) is 5.98. The lowest BCUT2D eigenvalue weighted by Gasteiger charge is -2.13. The Kier molecular flexibility index (Phi) is 4.54. The van der Waals surface area contributed by atoms with Crippen LogP contribution in [0.2, 0.25) is 0 Å². The lowest BCUT2D eigenvalue weighted by atomic mass is 10.1. The average Bonchev–Trinajstić information content (AvgIpc) is 2.98. The third kappa shape index (κ3) is 3.13. The largest absolute Gasteiger partial charge is 0.450 e. The fourth-order valence-electron chi connectivity index (χ4n) is 3.19. The predicted octanol–water partition coefficient (Wildman–Crippen LogP) is 2.77. The molecule has 0 radical (unpaired) electrons. The molecule has 0 bridgehead atoms. The summed E-state index contributed by atoms with van der Waals surface area (Å²) in [6.07, 6.45) is -0.805.